The number of nitrogens with one attached hydrogen (secondary N) is 1. The number of carbonyl (C=O) groups excluding carboxylic acids is 1. The molecule has 0 heterocycles. The molecule has 1 unspecified atom stereocenters. The summed E-state index contributed by atoms with van der Waals surface area (Å²) in [6, 6.07) is 0.676. The van der Waals surface area contributed by atoms with E-state index in [1.807, 2.05) is 27.8 Å². The van der Waals surface area contributed by atoms with E-state index in [4.69, 9.17) is 0 Å². The first-order valence-electron chi connectivity index (χ1n) is 7.22. The lowest BCUT2D eigenvalue weighted by molar-refractivity contribution is -0.114. The third kappa shape index (κ3) is 10.5. The van der Waals surface area contributed by atoms with Gasteiger partial charge in [-0.25, -0.2) is 0 Å². The second kappa shape index (κ2) is 11.5. The first kappa shape index (κ1) is 19.7. The topological polar surface area (TPSA) is 29.1 Å². The number of carbonyl (C=O) groups is 1. The summed E-state index contributed by atoms with van der Waals surface area (Å²) in [6.45, 7) is 12.7. The van der Waals surface area contributed by atoms with Crippen molar-refractivity contribution in [1.82, 2.24) is 5.32 Å². The van der Waals surface area contributed by atoms with Crippen LogP contribution in [0.1, 0.15) is 60.8 Å². The molecule has 0 aliphatic heterocycles. The molecule has 0 saturated carbocycles. The van der Waals surface area contributed by atoms with Crippen molar-refractivity contribution in [3.63, 3.8) is 0 Å². The maximum atomic E-state index is 10.3. The van der Waals surface area contributed by atoms with Crippen molar-refractivity contribution in [2.45, 2.75) is 66.8 Å². The van der Waals surface area contributed by atoms with E-state index >= 15 is 0 Å². The maximum Gasteiger partial charge on any atom is 0.126 e. The molecule has 0 aromatic heterocycles. The highest BCUT2D eigenvalue weighted by molar-refractivity contribution is 5.60. The van der Waals surface area contributed by atoms with E-state index in [9.17, 15) is 4.79 Å². The molecule has 0 aromatic carbocycles. The Morgan fingerprint density at radius 1 is 1.22 bits per heavy atom. The number of allylic oxidation sites excluding steroid dienone is 2. The molecule has 1 rings (SSSR count). The zero-order chi connectivity index (χ0) is 14.6. The van der Waals surface area contributed by atoms with Crippen LogP contribution in [0.3, 0.4) is 0 Å². The summed E-state index contributed by atoms with van der Waals surface area (Å²) in [6.07, 6.45) is 8.30. The molecule has 1 aliphatic rings. The first-order chi connectivity index (χ1) is 8.43. The van der Waals surface area contributed by atoms with Crippen LogP contribution in [0.4, 0.5) is 0 Å². The summed E-state index contributed by atoms with van der Waals surface area (Å²) in [5.74, 6) is 0.817. The van der Waals surface area contributed by atoms with Gasteiger partial charge >= 0.3 is 0 Å². The van der Waals surface area contributed by atoms with Crippen LogP contribution >= 0.6 is 0 Å². The highest BCUT2D eigenvalue weighted by Gasteiger charge is 2.23. The Hall–Kier alpha value is -0.630. The van der Waals surface area contributed by atoms with Gasteiger partial charge in [-0.2, -0.15) is 0 Å². The Labute approximate surface area is 114 Å². The predicted molar refractivity (Wildman–Crippen MR) is 81.9 cm³/mol. The maximum absolute atomic E-state index is 10.3. The predicted octanol–water partition coefficient (Wildman–Crippen LogP) is 4.21. The third-order valence-electron chi connectivity index (χ3n) is 2.94. The second-order valence-corrected chi connectivity index (χ2v) is 5.47. The molecule has 0 amide bonds. The van der Waals surface area contributed by atoms with Gasteiger partial charge in [0.05, 0.1) is 0 Å². The second-order valence-electron chi connectivity index (χ2n) is 5.47. The summed E-state index contributed by atoms with van der Waals surface area (Å²) in [7, 11) is 2.01. The monoisotopic (exact) mass is 255 g/mol. The molecule has 1 N–H and O–H groups in total. The average molecular weight is 255 g/mol. The number of hydrogen-bond donors (Lipinski definition) is 1. The van der Waals surface area contributed by atoms with Crippen molar-refractivity contribution in [3.05, 3.63) is 12.2 Å². The normalized spacial score (nSPS) is 17.3. The van der Waals surface area contributed by atoms with Gasteiger partial charge in [-0.1, -0.05) is 46.8 Å². The molecular weight excluding hydrogens is 222 g/mol. The van der Waals surface area contributed by atoms with Gasteiger partial charge in [-0.15, -0.1) is 0 Å². The Balaban J connectivity index is 0. The SMILES string of the molecule is CC.CC1(C=O)CC=CC1.CNC(C)CC(C)C. The van der Waals surface area contributed by atoms with Gasteiger partial charge in [0.25, 0.3) is 0 Å². The van der Waals surface area contributed by atoms with Gasteiger partial charge in [-0.05, 0) is 39.2 Å². The summed E-state index contributed by atoms with van der Waals surface area (Å²) >= 11 is 0. The fourth-order valence-corrected chi connectivity index (χ4v) is 1.71. The van der Waals surface area contributed by atoms with Gasteiger partial charge in [0, 0.05) is 11.5 Å². The van der Waals surface area contributed by atoms with Crippen molar-refractivity contribution < 1.29 is 4.79 Å². The van der Waals surface area contributed by atoms with E-state index in [2.05, 4.69) is 38.2 Å². The van der Waals surface area contributed by atoms with Crippen LogP contribution in [0.5, 0.6) is 0 Å². The lowest BCUT2D eigenvalue weighted by Gasteiger charge is -2.12. The summed E-state index contributed by atoms with van der Waals surface area (Å²) in [5.41, 5.74) is -0.0556. The fourth-order valence-electron chi connectivity index (χ4n) is 1.71. The molecule has 0 radical (unpaired) electrons. The fraction of sp³-hybridized carbons (Fsp3) is 0.812. The molecule has 0 aromatic rings. The minimum absolute atomic E-state index is 0.0556. The van der Waals surface area contributed by atoms with Gasteiger partial charge in [0.15, 0.2) is 0 Å². The van der Waals surface area contributed by atoms with Crippen LogP contribution in [0, 0.1) is 11.3 Å². The van der Waals surface area contributed by atoms with Crippen LogP contribution in [0.25, 0.3) is 0 Å². The molecule has 1 aliphatic carbocycles. The van der Waals surface area contributed by atoms with Crippen LogP contribution in [0.15, 0.2) is 12.2 Å². The molecule has 1 atom stereocenters. The Kier molecular flexibility index (Phi) is 12.5. The van der Waals surface area contributed by atoms with E-state index in [-0.39, 0.29) is 5.41 Å². The minimum atomic E-state index is -0.0556. The van der Waals surface area contributed by atoms with Gasteiger partial charge < -0.3 is 10.1 Å². The third-order valence-corrected chi connectivity index (χ3v) is 2.94. The van der Waals surface area contributed by atoms with Crippen molar-refractivity contribution in [2.24, 2.45) is 11.3 Å². The smallest absolute Gasteiger partial charge is 0.126 e. The lowest BCUT2D eigenvalue weighted by Crippen LogP contribution is -2.22. The molecule has 18 heavy (non-hydrogen) atoms. The number of aldehydes is 1. The van der Waals surface area contributed by atoms with Crippen LogP contribution in [0.2, 0.25) is 0 Å². The van der Waals surface area contributed by atoms with Crippen molar-refractivity contribution >= 4 is 6.29 Å². The molecule has 2 nitrogen and oxygen atoms in total. The number of rotatable bonds is 4. The zero-order valence-electron chi connectivity index (χ0n) is 13.4. The Morgan fingerprint density at radius 2 is 1.67 bits per heavy atom. The molecule has 108 valence electrons. The van der Waals surface area contributed by atoms with Crippen molar-refractivity contribution in [3.8, 4) is 0 Å². The highest BCUT2D eigenvalue weighted by atomic mass is 16.1. The Bertz CT molecular complexity index is 213. The van der Waals surface area contributed by atoms with Crippen molar-refractivity contribution in [1.29, 1.82) is 0 Å². The van der Waals surface area contributed by atoms with Crippen LogP contribution in [-0.2, 0) is 4.79 Å². The van der Waals surface area contributed by atoms with Crippen LogP contribution in [-0.4, -0.2) is 19.4 Å². The zero-order valence-corrected chi connectivity index (χ0v) is 13.4. The van der Waals surface area contributed by atoms with E-state index in [1.165, 1.54) is 6.42 Å². The number of hydrogen-bond acceptors (Lipinski definition) is 2. The first-order valence-corrected chi connectivity index (χ1v) is 7.22. The van der Waals surface area contributed by atoms with Gasteiger partial charge in [0.2, 0.25) is 0 Å². The van der Waals surface area contributed by atoms with E-state index in [0.29, 0.717) is 6.04 Å². The Morgan fingerprint density at radius 3 is 1.83 bits per heavy atom. The van der Waals surface area contributed by atoms with Crippen molar-refractivity contribution in [2.75, 3.05) is 7.05 Å². The molecule has 0 bridgehead atoms. The summed E-state index contributed by atoms with van der Waals surface area (Å²) in [4.78, 5) is 10.3. The highest BCUT2D eigenvalue weighted by Crippen LogP contribution is 2.29. The lowest BCUT2D eigenvalue weighted by atomic mass is 9.90. The molecule has 0 spiro atoms. The van der Waals surface area contributed by atoms with E-state index in [1.54, 1.807) is 0 Å². The summed E-state index contributed by atoms with van der Waals surface area (Å²) < 4.78 is 0. The van der Waals surface area contributed by atoms with E-state index < -0.39 is 0 Å². The van der Waals surface area contributed by atoms with E-state index in [0.717, 1.165) is 25.0 Å². The van der Waals surface area contributed by atoms with Gasteiger partial charge in [-0.3, -0.25) is 0 Å². The minimum Gasteiger partial charge on any atom is -0.317 e. The summed E-state index contributed by atoms with van der Waals surface area (Å²) in [5, 5.41) is 3.20. The largest absolute Gasteiger partial charge is 0.317 e. The quantitative estimate of drug-likeness (QED) is 0.602. The van der Waals surface area contributed by atoms with Crippen LogP contribution < -0.4 is 5.32 Å². The molecule has 0 saturated heterocycles. The average Bonchev–Trinajstić information content (AvgIpc) is 2.79. The molecular formula is C16H33NO. The molecule has 0 fully saturated rings. The standard InChI is InChI=1S/C7H17N.C7H10O.C2H6/c1-6(2)5-7(3)8-4;1-7(6-8)4-2-3-5-7;1-2/h6-8H,5H2,1-4H3;2-3,6H,4-5H2,1H3;1-2H3. The van der Waals surface area contributed by atoms with Gasteiger partial charge in [0.1, 0.15) is 6.29 Å². The molecule has 2 heteroatoms.